The monoisotopic (exact) mass is 470 g/mol. The normalized spacial score (nSPS) is 16.1. The topological polar surface area (TPSA) is 79.8 Å². The van der Waals surface area contributed by atoms with Crippen molar-refractivity contribution in [1.82, 2.24) is 14.5 Å². The lowest BCUT2D eigenvalue weighted by Crippen LogP contribution is -2.49. The Kier molecular flexibility index (Phi) is 5.58. The molecular weight excluding hydrogens is 444 g/mol. The Morgan fingerprint density at radius 1 is 1.27 bits per heavy atom. The molecule has 5 rings (SSSR count). The van der Waals surface area contributed by atoms with E-state index in [1.807, 2.05) is 12.3 Å². The van der Waals surface area contributed by atoms with Gasteiger partial charge in [0.2, 0.25) is 0 Å². The fraction of sp³-hybridized carbons (Fsp3) is 0.417. The van der Waals surface area contributed by atoms with E-state index in [1.165, 1.54) is 7.11 Å². The summed E-state index contributed by atoms with van der Waals surface area (Å²) < 4.78 is 12.9. The van der Waals surface area contributed by atoms with Gasteiger partial charge in [0.15, 0.2) is 0 Å². The van der Waals surface area contributed by atoms with Crippen LogP contribution in [0.15, 0.2) is 29.2 Å². The highest BCUT2D eigenvalue weighted by Crippen LogP contribution is 2.39. The van der Waals surface area contributed by atoms with Gasteiger partial charge < -0.3 is 28.8 Å². The number of nitrogens with zero attached hydrogens (tertiary/aromatic N) is 3. The fourth-order valence-corrected chi connectivity index (χ4v) is 5.14. The number of halogens is 1. The van der Waals surface area contributed by atoms with Crippen molar-refractivity contribution in [3.8, 4) is 5.75 Å². The third kappa shape index (κ3) is 3.57. The maximum absolute atomic E-state index is 13.9. The molecule has 0 saturated carbocycles. The van der Waals surface area contributed by atoms with Crippen LogP contribution in [-0.4, -0.2) is 59.8 Å². The van der Waals surface area contributed by atoms with Crippen molar-refractivity contribution in [2.45, 2.75) is 33.0 Å². The Morgan fingerprint density at radius 3 is 2.73 bits per heavy atom. The molecule has 9 heteroatoms. The Labute approximate surface area is 196 Å². The number of aryl methyl sites for hydroxylation is 1. The van der Waals surface area contributed by atoms with Gasteiger partial charge in [0, 0.05) is 36.9 Å². The number of likely N-dealkylation sites (N-methyl/N-ethyl adjacent to an activating group) is 1. The summed E-state index contributed by atoms with van der Waals surface area (Å²) in [6.45, 7) is 7.12. The molecule has 1 saturated heterocycles. The number of pyridine rings is 1. The van der Waals surface area contributed by atoms with Gasteiger partial charge in [-0.2, -0.15) is 0 Å². The minimum atomic E-state index is -0.254. The summed E-state index contributed by atoms with van der Waals surface area (Å²) >= 11 is 6.96. The van der Waals surface area contributed by atoms with Crippen LogP contribution in [0.5, 0.6) is 5.75 Å². The van der Waals surface area contributed by atoms with Crippen LogP contribution >= 0.6 is 11.6 Å². The first-order valence-electron chi connectivity index (χ1n) is 11.1. The molecule has 174 valence electrons. The van der Waals surface area contributed by atoms with Gasteiger partial charge in [-0.25, -0.2) is 0 Å². The number of rotatable bonds is 6. The van der Waals surface area contributed by atoms with Gasteiger partial charge in [-0.1, -0.05) is 11.6 Å². The van der Waals surface area contributed by atoms with Crippen LogP contribution in [0.3, 0.4) is 0 Å². The SMILES string of the molecule is CCN(c1cc2ccn3c2c(c1Cl)C(=O)N(Cc1c(OC)cc(C)[nH]c1=O)CC3)C1COC1. The van der Waals surface area contributed by atoms with Crippen molar-refractivity contribution < 1.29 is 14.3 Å². The van der Waals surface area contributed by atoms with Gasteiger partial charge in [-0.3, -0.25) is 9.59 Å². The second kappa shape index (κ2) is 8.43. The van der Waals surface area contributed by atoms with Crippen molar-refractivity contribution in [2.75, 3.05) is 38.3 Å². The first kappa shape index (κ1) is 21.9. The molecule has 33 heavy (non-hydrogen) atoms. The number of carbonyl (C=O) groups excluding carboxylic acids is 1. The molecule has 1 N–H and O–H groups in total. The molecule has 0 radical (unpaired) electrons. The average molecular weight is 471 g/mol. The summed E-state index contributed by atoms with van der Waals surface area (Å²) in [5.74, 6) is 0.285. The quantitative estimate of drug-likeness (QED) is 0.598. The third-order valence-corrected chi connectivity index (χ3v) is 6.97. The van der Waals surface area contributed by atoms with E-state index >= 15 is 0 Å². The first-order chi connectivity index (χ1) is 15.9. The lowest BCUT2D eigenvalue weighted by atomic mass is 10.1. The van der Waals surface area contributed by atoms with E-state index in [0.29, 0.717) is 53.9 Å². The van der Waals surface area contributed by atoms with Crippen LogP contribution in [0.2, 0.25) is 5.02 Å². The second-order valence-electron chi connectivity index (χ2n) is 8.56. The van der Waals surface area contributed by atoms with Crippen LogP contribution < -0.4 is 15.2 Å². The second-order valence-corrected chi connectivity index (χ2v) is 8.94. The Bertz CT molecular complexity index is 1290. The van der Waals surface area contributed by atoms with Crippen LogP contribution in [-0.2, 0) is 17.8 Å². The zero-order valence-corrected chi connectivity index (χ0v) is 19.7. The summed E-state index contributed by atoms with van der Waals surface area (Å²) in [5, 5.41) is 1.42. The number of benzene rings is 1. The molecule has 3 aromatic rings. The van der Waals surface area contributed by atoms with E-state index in [2.05, 4.69) is 27.4 Å². The molecule has 1 amide bonds. The molecule has 2 aliphatic rings. The van der Waals surface area contributed by atoms with Crippen LogP contribution in [0.1, 0.15) is 28.5 Å². The Hall–Kier alpha value is -2.97. The van der Waals surface area contributed by atoms with E-state index in [4.69, 9.17) is 21.1 Å². The van der Waals surface area contributed by atoms with Crippen LogP contribution in [0.25, 0.3) is 10.9 Å². The number of carbonyl (C=O) groups is 1. The average Bonchev–Trinajstić information content (AvgIpc) is 3.09. The number of anilines is 1. The molecule has 0 aliphatic carbocycles. The largest absolute Gasteiger partial charge is 0.496 e. The number of amides is 1. The van der Waals surface area contributed by atoms with Gasteiger partial charge in [0.05, 0.1) is 60.3 Å². The number of ether oxygens (including phenoxy) is 2. The molecular formula is C24H27ClN4O4. The summed E-state index contributed by atoms with van der Waals surface area (Å²) in [6.07, 6.45) is 1.99. The standard InChI is InChI=1S/C24H27ClN4O4/c1-4-29(16-12-33-13-16)18-10-15-5-6-27-7-8-28(24(31)20(21(18)25)22(15)27)11-17-19(32-3)9-14(2)26-23(17)30/h5-6,9-10,16H,4,7-8,11-13H2,1-3H3,(H,26,30). The molecule has 1 fully saturated rings. The van der Waals surface area contributed by atoms with Crippen molar-refractivity contribution >= 4 is 34.1 Å². The van der Waals surface area contributed by atoms with Gasteiger partial charge >= 0.3 is 0 Å². The van der Waals surface area contributed by atoms with E-state index in [1.54, 1.807) is 17.9 Å². The predicted octanol–water partition coefficient (Wildman–Crippen LogP) is 3.18. The molecule has 2 aromatic heterocycles. The highest BCUT2D eigenvalue weighted by molar-refractivity contribution is 6.38. The van der Waals surface area contributed by atoms with E-state index < -0.39 is 0 Å². The summed E-state index contributed by atoms with van der Waals surface area (Å²) in [7, 11) is 1.53. The number of H-pyrrole nitrogens is 1. The number of hydrogen-bond acceptors (Lipinski definition) is 5. The molecule has 0 unspecified atom stereocenters. The molecule has 0 atom stereocenters. The fourth-order valence-electron chi connectivity index (χ4n) is 4.80. The zero-order chi connectivity index (χ0) is 23.3. The number of nitrogens with one attached hydrogen (secondary N) is 1. The number of aromatic amines is 1. The van der Waals surface area contributed by atoms with Crippen molar-refractivity contribution in [3.05, 3.63) is 56.6 Å². The van der Waals surface area contributed by atoms with E-state index in [-0.39, 0.29) is 24.1 Å². The Balaban J connectivity index is 1.60. The maximum Gasteiger partial charge on any atom is 0.257 e. The molecule has 0 bridgehead atoms. The number of methoxy groups -OCH3 is 1. The number of hydrogen-bond donors (Lipinski definition) is 1. The van der Waals surface area contributed by atoms with Gasteiger partial charge in [0.25, 0.3) is 11.5 Å². The van der Waals surface area contributed by atoms with Crippen molar-refractivity contribution in [2.24, 2.45) is 0 Å². The predicted molar refractivity (Wildman–Crippen MR) is 128 cm³/mol. The van der Waals surface area contributed by atoms with Crippen molar-refractivity contribution in [3.63, 3.8) is 0 Å². The van der Waals surface area contributed by atoms with Crippen molar-refractivity contribution in [1.29, 1.82) is 0 Å². The third-order valence-electron chi connectivity index (χ3n) is 6.59. The highest BCUT2D eigenvalue weighted by atomic mass is 35.5. The minimum absolute atomic E-state index is 0.137. The smallest absolute Gasteiger partial charge is 0.257 e. The molecule has 4 heterocycles. The summed E-state index contributed by atoms with van der Waals surface area (Å²) in [4.78, 5) is 33.3. The minimum Gasteiger partial charge on any atom is -0.496 e. The first-order valence-corrected chi connectivity index (χ1v) is 11.5. The maximum atomic E-state index is 13.9. The number of aromatic nitrogens is 2. The summed E-state index contributed by atoms with van der Waals surface area (Å²) in [5.41, 5.74) is 3.03. The van der Waals surface area contributed by atoms with Gasteiger partial charge in [-0.05, 0) is 32.0 Å². The van der Waals surface area contributed by atoms with E-state index in [9.17, 15) is 9.59 Å². The van der Waals surface area contributed by atoms with Crippen LogP contribution in [0, 0.1) is 6.92 Å². The molecule has 2 aliphatic heterocycles. The van der Waals surface area contributed by atoms with Gasteiger partial charge in [-0.15, -0.1) is 0 Å². The lowest BCUT2D eigenvalue weighted by Gasteiger charge is -2.39. The Morgan fingerprint density at radius 2 is 2.06 bits per heavy atom. The molecule has 1 aromatic carbocycles. The summed E-state index contributed by atoms with van der Waals surface area (Å²) in [6, 6.07) is 6.11. The molecule has 0 spiro atoms. The lowest BCUT2D eigenvalue weighted by molar-refractivity contribution is 0.00849. The van der Waals surface area contributed by atoms with Gasteiger partial charge in [0.1, 0.15) is 5.75 Å². The van der Waals surface area contributed by atoms with Crippen LogP contribution in [0.4, 0.5) is 5.69 Å². The molecule has 8 nitrogen and oxygen atoms in total. The highest BCUT2D eigenvalue weighted by Gasteiger charge is 2.33. The zero-order valence-electron chi connectivity index (χ0n) is 19.0. The van der Waals surface area contributed by atoms with E-state index in [0.717, 1.165) is 23.1 Å².